The Morgan fingerprint density at radius 3 is 2.52 bits per heavy atom. The van der Waals surface area contributed by atoms with Gasteiger partial charge in [-0.25, -0.2) is 9.67 Å². The summed E-state index contributed by atoms with van der Waals surface area (Å²) in [5.41, 5.74) is 1.81. The first-order valence-corrected chi connectivity index (χ1v) is 7.55. The molecular weight excluding hydrogens is 312 g/mol. The third-order valence-corrected chi connectivity index (χ3v) is 3.69. The largest absolute Gasteiger partial charge is 0.343 e. The molecule has 3 rings (SSSR count). The maximum Gasteiger partial charge on any atom is 0.291 e. The van der Waals surface area contributed by atoms with Crippen LogP contribution in [0.1, 0.15) is 29.1 Å². The molecule has 0 aliphatic rings. The predicted octanol–water partition coefficient (Wildman–Crippen LogP) is 3.41. The number of nitrogens with zero attached hydrogens (tertiary/aromatic N) is 3. The highest BCUT2D eigenvalue weighted by molar-refractivity contribution is 6.30. The Kier molecular flexibility index (Phi) is 4.39. The third kappa shape index (κ3) is 3.57. The minimum absolute atomic E-state index is 0.119. The molecular formula is C17H15ClN4O. The molecule has 1 unspecified atom stereocenters. The van der Waals surface area contributed by atoms with Crippen LogP contribution in [0, 0.1) is 0 Å². The monoisotopic (exact) mass is 326 g/mol. The molecule has 0 aliphatic carbocycles. The molecule has 0 aliphatic heterocycles. The summed E-state index contributed by atoms with van der Waals surface area (Å²) in [5.74, 6) is -0.184. The SMILES string of the molecule is CC(NC(=O)c1ncn(-c2ccc(Cl)cc2)n1)c1ccccc1. The Balaban J connectivity index is 1.72. The van der Waals surface area contributed by atoms with Crippen LogP contribution < -0.4 is 5.32 Å². The zero-order valence-electron chi connectivity index (χ0n) is 12.5. The molecule has 23 heavy (non-hydrogen) atoms. The number of carbonyl (C=O) groups excluding carboxylic acids is 1. The van der Waals surface area contributed by atoms with E-state index in [1.54, 1.807) is 16.8 Å². The van der Waals surface area contributed by atoms with Gasteiger partial charge in [-0.1, -0.05) is 41.9 Å². The van der Waals surface area contributed by atoms with Gasteiger partial charge in [-0.2, -0.15) is 0 Å². The molecule has 0 spiro atoms. The van der Waals surface area contributed by atoms with E-state index in [1.165, 1.54) is 6.33 Å². The Labute approximate surface area is 138 Å². The number of rotatable bonds is 4. The third-order valence-electron chi connectivity index (χ3n) is 3.43. The van der Waals surface area contributed by atoms with Crippen molar-refractivity contribution in [2.24, 2.45) is 0 Å². The molecule has 6 heteroatoms. The number of hydrogen-bond donors (Lipinski definition) is 1. The molecule has 1 aromatic heterocycles. The molecule has 1 atom stereocenters. The molecule has 116 valence electrons. The van der Waals surface area contributed by atoms with Gasteiger partial charge in [0.2, 0.25) is 5.82 Å². The van der Waals surface area contributed by atoms with Crippen molar-refractivity contribution < 1.29 is 4.79 Å². The first-order chi connectivity index (χ1) is 11.1. The van der Waals surface area contributed by atoms with Crippen LogP contribution in [-0.2, 0) is 0 Å². The fourth-order valence-electron chi connectivity index (χ4n) is 2.17. The second-order valence-corrected chi connectivity index (χ2v) is 5.53. The zero-order chi connectivity index (χ0) is 16.2. The smallest absolute Gasteiger partial charge is 0.291 e. The quantitative estimate of drug-likeness (QED) is 0.799. The van der Waals surface area contributed by atoms with Crippen molar-refractivity contribution in [2.75, 3.05) is 0 Å². The van der Waals surface area contributed by atoms with Gasteiger partial charge in [0.1, 0.15) is 6.33 Å². The van der Waals surface area contributed by atoms with Crippen LogP contribution in [0.2, 0.25) is 5.02 Å². The van der Waals surface area contributed by atoms with E-state index in [0.717, 1.165) is 11.3 Å². The van der Waals surface area contributed by atoms with Gasteiger partial charge in [-0.3, -0.25) is 4.79 Å². The number of carbonyl (C=O) groups is 1. The van der Waals surface area contributed by atoms with Crippen LogP contribution in [0.4, 0.5) is 0 Å². The van der Waals surface area contributed by atoms with Crippen molar-refractivity contribution in [3.63, 3.8) is 0 Å². The summed E-state index contributed by atoms with van der Waals surface area (Å²) in [6, 6.07) is 16.8. The van der Waals surface area contributed by atoms with E-state index < -0.39 is 0 Å². The van der Waals surface area contributed by atoms with Gasteiger partial charge in [-0.15, -0.1) is 5.10 Å². The molecule has 0 bridgehead atoms. The Bertz CT molecular complexity index is 799. The van der Waals surface area contributed by atoms with Crippen molar-refractivity contribution in [3.8, 4) is 5.69 Å². The first-order valence-electron chi connectivity index (χ1n) is 7.17. The highest BCUT2D eigenvalue weighted by Gasteiger charge is 2.15. The van der Waals surface area contributed by atoms with Crippen LogP contribution in [0.5, 0.6) is 0 Å². The Hall–Kier alpha value is -2.66. The molecule has 0 fully saturated rings. The van der Waals surface area contributed by atoms with Gasteiger partial charge in [0, 0.05) is 5.02 Å². The Morgan fingerprint density at radius 2 is 1.83 bits per heavy atom. The molecule has 0 saturated heterocycles. The van der Waals surface area contributed by atoms with Crippen molar-refractivity contribution in [1.29, 1.82) is 0 Å². The van der Waals surface area contributed by atoms with E-state index >= 15 is 0 Å². The van der Waals surface area contributed by atoms with Crippen LogP contribution in [0.15, 0.2) is 60.9 Å². The van der Waals surface area contributed by atoms with Gasteiger partial charge in [0.15, 0.2) is 0 Å². The fourth-order valence-corrected chi connectivity index (χ4v) is 2.30. The van der Waals surface area contributed by atoms with Crippen molar-refractivity contribution in [2.45, 2.75) is 13.0 Å². The van der Waals surface area contributed by atoms with Crippen molar-refractivity contribution in [3.05, 3.63) is 77.3 Å². The fraction of sp³-hybridized carbons (Fsp3) is 0.118. The first kappa shape index (κ1) is 15.2. The minimum atomic E-state index is -0.311. The molecule has 3 aromatic rings. The maximum absolute atomic E-state index is 12.3. The molecule has 0 saturated carbocycles. The van der Waals surface area contributed by atoms with E-state index in [9.17, 15) is 4.79 Å². The Morgan fingerprint density at radius 1 is 1.13 bits per heavy atom. The summed E-state index contributed by atoms with van der Waals surface area (Å²) in [5, 5.41) is 7.74. The molecule has 1 heterocycles. The highest BCUT2D eigenvalue weighted by atomic mass is 35.5. The number of halogens is 1. The van der Waals surface area contributed by atoms with Gasteiger partial charge < -0.3 is 5.32 Å². The van der Waals surface area contributed by atoms with Crippen LogP contribution in [0.25, 0.3) is 5.69 Å². The van der Waals surface area contributed by atoms with Crippen molar-refractivity contribution in [1.82, 2.24) is 20.1 Å². The predicted molar refractivity (Wildman–Crippen MR) is 88.7 cm³/mol. The number of nitrogens with one attached hydrogen (secondary N) is 1. The van der Waals surface area contributed by atoms with E-state index in [4.69, 9.17) is 11.6 Å². The number of hydrogen-bond acceptors (Lipinski definition) is 3. The average molecular weight is 327 g/mol. The zero-order valence-corrected chi connectivity index (χ0v) is 13.2. The average Bonchev–Trinajstić information content (AvgIpc) is 3.06. The minimum Gasteiger partial charge on any atom is -0.343 e. The summed E-state index contributed by atoms with van der Waals surface area (Å²) < 4.78 is 1.54. The summed E-state index contributed by atoms with van der Waals surface area (Å²) >= 11 is 5.86. The van der Waals surface area contributed by atoms with E-state index in [1.807, 2.05) is 49.4 Å². The van der Waals surface area contributed by atoms with E-state index in [-0.39, 0.29) is 17.8 Å². The summed E-state index contributed by atoms with van der Waals surface area (Å²) in [7, 11) is 0. The van der Waals surface area contributed by atoms with Crippen LogP contribution in [0.3, 0.4) is 0 Å². The number of benzene rings is 2. The van der Waals surface area contributed by atoms with Crippen LogP contribution in [-0.4, -0.2) is 20.7 Å². The van der Waals surface area contributed by atoms with Gasteiger partial charge in [0.05, 0.1) is 11.7 Å². The standard InChI is InChI=1S/C17H15ClN4O/c1-12(13-5-3-2-4-6-13)20-17(23)16-19-11-22(21-16)15-9-7-14(18)8-10-15/h2-12H,1H3,(H,20,23). The molecule has 5 nitrogen and oxygen atoms in total. The molecule has 2 aromatic carbocycles. The number of amides is 1. The molecule has 0 radical (unpaired) electrons. The molecule has 1 amide bonds. The van der Waals surface area contributed by atoms with E-state index in [2.05, 4.69) is 15.4 Å². The topological polar surface area (TPSA) is 59.8 Å². The van der Waals surface area contributed by atoms with Crippen LogP contribution >= 0.6 is 11.6 Å². The normalized spacial score (nSPS) is 11.9. The lowest BCUT2D eigenvalue weighted by Gasteiger charge is -2.12. The molecule has 1 N–H and O–H groups in total. The lowest BCUT2D eigenvalue weighted by Crippen LogP contribution is -2.27. The summed E-state index contributed by atoms with van der Waals surface area (Å²) in [4.78, 5) is 16.3. The second-order valence-electron chi connectivity index (χ2n) is 5.09. The lowest BCUT2D eigenvalue weighted by molar-refractivity contribution is 0.0929. The second kappa shape index (κ2) is 6.62. The van der Waals surface area contributed by atoms with Gasteiger partial charge >= 0.3 is 0 Å². The maximum atomic E-state index is 12.3. The van der Waals surface area contributed by atoms with Crippen molar-refractivity contribution >= 4 is 17.5 Å². The highest BCUT2D eigenvalue weighted by Crippen LogP contribution is 2.13. The van der Waals surface area contributed by atoms with E-state index in [0.29, 0.717) is 5.02 Å². The lowest BCUT2D eigenvalue weighted by atomic mass is 10.1. The van der Waals surface area contributed by atoms with Gasteiger partial charge in [-0.05, 0) is 36.8 Å². The van der Waals surface area contributed by atoms with Gasteiger partial charge in [0.25, 0.3) is 5.91 Å². The summed E-state index contributed by atoms with van der Waals surface area (Å²) in [6.45, 7) is 1.92. The number of aromatic nitrogens is 3. The summed E-state index contributed by atoms with van der Waals surface area (Å²) in [6.07, 6.45) is 1.51.